The van der Waals surface area contributed by atoms with Gasteiger partial charge in [0.25, 0.3) is 0 Å². The minimum Gasteiger partial charge on any atom is -0.494 e. The smallest absolute Gasteiger partial charge is 0.307 e. The van der Waals surface area contributed by atoms with E-state index in [9.17, 15) is 14.4 Å². The summed E-state index contributed by atoms with van der Waals surface area (Å²) in [4.78, 5) is 38.6. The van der Waals surface area contributed by atoms with Gasteiger partial charge in [0, 0.05) is 18.8 Å². The van der Waals surface area contributed by atoms with Crippen molar-refractivity contribution in [2.45, 2.75) is 46.6 Å². The second-order valence-corrected chi connectivity index (χ2v) is 8.66. The molecule has 31 heavy (non-hydrogen) atoms. The van der Waals surface area contributed by atoms with Gasteiger partial charge < -0.3 is 20.1 Å². The van der Waals surface area contributed by atoms with Crippen molar-refractivity contribution in [1.29, 1.82) is 0 Å². The highest BCUT2D eigenvalue weighted by Crippen LogP contribution is 2.17. The van der Waals surface area contributed by atoms with E-state index < -0.39 is 12.0 Å². The van der Waals surface area contributed by atoms with E-state index in [0.717, 1.165) is 12.2 Å². The Morgan fingerprint density at radius 3 is 2.52 bits per heavy atom. The zero-order valence-corrected chi connectivity index (χ0v) is 19.0. The van der Waals surface area contributed by atoms with E-state index in [0.29, 0.717) is 37.9 Å². The van der Waals surface area contributed by atoms with Crippen LogP contribution in [0.2, 0.25) is 0 Å². The van der Waals surface area contributed by atoms with Crippen LogP contribution >= 0.6 is 0 Å². The lowest BCUT2D eigenvalue weighted by atomic mass is 10.1. The molecule has 1 aromatic rings. The molecule has 8 heteroatoms. The fourth-order valence-electron chi connectivity index (χ4n) is 3.08. The first-order chi connectivity index (χ1) is 14.7. The molecule has 172 valence electrons. The highest BCUT2D eigenvalue weighted by Gasteiger charge is 2.33. The normalized spacial score (nSPS) is 16.8. The highest BCUT2D eigenvalue weighted by atomic mass is 16.5. The van der Waals surface area contributed by atoms with Crippen molar-refractivity contribution in [3.8, 4) is 5.75 Å². The second-order valence-electron chi connectivity index (χ2n) is 8.66. The molecule has 0 radical (unpaired) electrons. The summed E-state index contributed by atoms with van der Waals surface area (Å²) in [6.07, 6.45) is 0.905. The maximum atomic E-state index is 12.5. The van der Waals surface area contributed by atoms with Gasteiger partial charge >= 0.3 is 5.97 Å². The quantitative estimate of drug-likeness (QED) is 0.521. The number of anilines is 1. The number of benzene rings is 1. The molecule has 8 nitrogen and oxygen atoms in total. The number of piperazine rings is 1. The van der Waals surface area contributed by atoms with Gasteiger partial charge in [0.15, 0.2) is 0 Å². The van der Waals surface area contributed by atoms with Crippen LogP contribution in [0, 0.1) is 11.8 Å². The maximum Gasteiger partial charge on any atom is 0.307 e. The van der Waals surface area contributed by atoms with E-state index in [1.165, 1.54) is 0 Å². The topological polar surface area (TPSA) is 97.0 Å². The van der Waals surface area contributed by atoms with Crippen LogP contribution in [0.5, 0.6) is 5.75 Å². The lowest BCUT2D eigenvalue weighted by Crippen LogP contribution is -2.57. The van der Waals surface area contributed by atoms with Crippen molar-refractivity contribution < 1.29 is 23.9 Å². The number of carbonyl (C=O) groups is 3. The molecule has 1 aliphatic heterocycles. The summed E-state index contributed by atoms with van der Waals surface area (Å²) >= 11 is 0. The minimum atomic E-state index is -0.712. The van der Waals surface area contributed by atoms with Crippen LogP contribution in [0.3, 0.4) is 0 Å². The largest absolute Gasteiger partial charge is 0.494 e. The number of amides is 2. The lowest BCUT2D eigenvalue weighted by Gasteiger charge is -2.33. The Labute approximate surface area is 184 Å². The number of nitrogens with zero attached hydrogens (tertiary/aromatic N) is 1. The summed E-state index contributed by atoms with van der Waals surface area (Å²) in [6.45, 7) is 10.1. The average molecular weight is 434 g/mol. The molecular weight excluding hydrogens is 398 g/mol. The molecule has 1 atom stereocenters. The number of nitrogens with one attached hydrogen (secondary N) is 2. The molecule has 1 aromatic carbocycles. The Morgan fingerprint density at radius 2 is 1.87 bits per heavy atom. The average Bonchev–Trinajstić information content (AvgIpc) is 2.70. The van der Waals surface area contributed by atoms with Crippen LogP contribution in [0.15, 0.2) is 24.3 Å². The molecular formula is C23H35N3O5. The van der Waals surface area contributed by atoms with E-state index in [1.54, 1.807) is 17.0 Å². The fourth-order valence-corrected chi connectivity index (χ4v) is 3.08. The molecule has 1 saturated heterocycles. The monoisotopic (exact) mass is 433 g/mol. The predicted molar refractivity (Wildman–Crippen MR) is 119 cm³/mol. The van der Waals surface area contributed by atoms with Crippen molar-refractivity contribution in [1.82, 2.24) is 10.2 Å². The van der Waals surface area contributed by atoms with Gasteiger partial charge in [-0.25, -0.2) is 0 Å². The minimum absolute atomic E-state index is 0.0161. The number of hydrogen-bond donors (Lipinski definition) is 2. The van der Waals surface area contributed by atoms with Gasteiger partial charge in [-0.3, -0.25) is 19.3 Å². The second kappa shape index (κ2) is 12.3. The standard InChI is InChI=1S/C23H35N3O5/c1-16(2)9-12-30-19-7-5-18(6-8-19)25-21(27)14-26-11-10-24-23(29)20(26)13-22(28)31-15-17(3)4/h5-8,16-17,20H,9-15H2,1-4H3,(H,24,29)(H,25,27). The lowest BCUT2D eigenvalue weighted by molar-refractivity contribution is -0.149. The zero-order valence-electron chi connectivity index (χ0n) is 19.0. The van der Waals surface area contributed by atoms with Crippen molar-refractivity contribution in [2.24, 2.45) is 11.8 Å². The third-order valence-electron chi connectivity index (χ3n) is 4.83. The Bertz CT molecular complexity index is 733. The van der Waals surface area contributed by atoms with E-state index in [4.69, 9.17) is 9.47 Å². The van der Waals surface area contributed by atoms with Crippen molar-refractivity contribution in [3.05, 3.63) is 24.3 Å². The first kappa shape index (κ1) is 24.7. The van der Waals surface area contributed by atoms with Crippen LogP contribution < -0.4 is 15.4 Å². The Morgan fingerprint density at radius 1 is 1.16 bits per heavy atom. The maximum absolute atomic E-state index is 12.5. The molecule has 2 amide bonds. The Kier molecular flexibility index (Phi) is 9.78. The van der Waals surface area contributed by atoms with E-state index >= 15 is 0 Å². The third-order valence-corrected chi connectivity index (χ3v) is 4.83. The van der Waals surface area contributed by atoms with Crippen molar-refractivity contribution in [2.75, 3.05) is 38.2 Å². The molecule has 2 rings (SSSR count). The van der Waals surface area contributed by atoms with Gasteiger partial charge in [0.1, 0.15) is 11.8 Å². The SMILES string of the molecule is CC(C)CCOc1ccc(NC(=O)CN2CCNC(=O)C2CC(=O)OCC(C)C)cc1. The molecule has 1 aliphatic rings. The van der Waals surface area contributed by atoms with Gasteiger partial charge in [-0.1, -0.05) is 27.7 Å². The molecule has 2 N–H and O–H groups in total. The van der Waals surface area contributed by atoms with Gasteiger partial charge in [0.2, 0.25) is 11.8 Å². The Hall–Kier alpha value is -2.61. The summed E-state index contributed by atoms with van der Waals surface area (Å²) in [5.74, 6) is 0.613. The number of ether oxygens (including phenoxy) is 2. The van der Waals surface area contributed by atoms with E-state index in [-0.39, 0.29) is 30.7 Å². The van der Waals surface area contributed by atoms with Gasteiger partial charge in [0.05, 0.1) is 26.2 Å². The molecule has 1 heterocycles. The van der Waals surface area contributed by atoms with Gasteiger partial charge in [-0.05, 0) is 42.5 Å². The summed E-state index contributed by atoms with van der Waals surface area (Å²) in [5.41, 5.74) is 0.649. The third kappa shape index (κ3) is 8.96. The summed E-state index contributed by atoms with van der Waals surface area (Å²) in [5, 5.41) is 5.59. The van der Waals surface area contributed by atoms with Crippen LogP contribution in [0.1, 0.15) is 40.5 Å². The number of hydrogen-bond acceptors (Lipinski definition) is 6. The van der Waals surface area contributed by atoms with Crippen LogP contribution in [-0.2, 0) is 19.1 Å². The molecule has 1 unspecified atom stereocenters. The van der Waals surface area contributed by atoms with Crippen LogP contribution in [0.25, 0.3) is 0 Å². The molecule has 0 aliphatic carbocycles. The Balaban J connectivity index is 1.87. The molecule has 0 spiro atoms. The summed E-state index contributed by atoms with van der Waals surface area (Å²) < 4.78 is 10.9. The number of esters is 1. The van der Waals surface area contributed by atoms with Crippen LogP contribution in [-0.4, -0.2) is 61.6 Å². The first-order valence-corrected chi connectivity index (χ1v) is 10.9. The van der Waals surface area contributed by atoms with Crippen molar-refractivity contribution in [3.63, 3.8) is 0 Å². The van der Waals surface area contributed by atoms with Gasteiger partial charge in [-0.2, -0.15) is 0 Å². The van der Waals surface area contributed by atoms with Crippen molar-refractivity contribution >= 4 is 23.5 Å². The molecule has 0 saturated carbocycles. The fraction of sp³-hybridized carbons (Fsp3) is 0.609. The molecule has 1 fully saturated rings. The zero-order chi connectivity index (χ0) is 22.8. The highest BCUT2D eigenvalue weighted by molar-refractivity contribution is 5.93. The molecule has 0 bridgehead atoms. The predicted octanol–water partition coefficient (Wildman–Crippen LogP) is 2.44. The molecule has 0 aromatic heterocycles. The first-order valence-electron chi connectivity index (χ1n) is 10.9. The number of carbonyl (C=O) groups excluding carboxylic acids is 3. The summed E-state index contributed by atoms with van der Waals surface area (Å²) in [6, 6.07) is 6.49. The number of rotatable bonds is 11. The summed E-state index contributed by atoms with van der Waals surface area (Å²) in [7, 11) is 0. The van der Waals surface area contributed by atoms with Crippen LogP contribution in [0.4, 0.5) is 5.69 Å². The van der Waals surface area contributed by atoms with E-state index in [1.807, 2.05) is 26.0 Å². The van der Waals surface area contributed by atoms with Gasteiger partial charge in [-0.15, -0.1) is 0 Å². The van der Waals surface area contributed by atoms with E-state index in [2.05, 4.69) is 24.5 Å².